The Balaban J connectivity index is 1.63. The summed E-state index contributed by atoms with van der Waals surface area (Å²) in [6.45, 7) is 3.10. The Morgan fingerprint density at radius 2 is 1.96 bits per heavy atom. The fourth-order valence-electron chi connectivity index (χ4n) is 4.15. The van der Waals surface area contributed by atoms with Crippen LogP contribution in [0.2, 0.25) is 0 Å². The molecule has 3 heterocycles. The van der Waals surface area contributed by atoms with Gasteiger partial charge in [-0.3, -0.25) is 4.57 Å². The Morgan fingerprint density at radius 3 is 2.79 bits per heavy atom. The van der Waals surface area contributed by atoms with E-state index in [2.05, 4.69) is 56.9 Å². The van der Waals surface area contributed by atoms with Gasteiger partial charge in [-0.1, -0.05) is 55.0 Å². The third kappa shape index (κ3) is 3.28. The van der Waals surface area contributed by atoms with Crippen molar-refractivity contribution in [2.75, 3.05) is 0 Å². The highest BCUT2D eigenvalue weighted by Crippen LogP contribution is 2.37. The van der Waals surface area contributed by atoms with E-state index in [0.29, 0.717) is 19.1 Å². The maximum absolute atomic E-state index is 5.97. The van der Waals surface area contributed by atoms with Crippen LogP contribution in [0.15, 0.2) is 30.3 Å². The van der Waals surface area contributed by atoms with E-state index in [4.69, 9.17) is 4.74 Å². The normalized spacial score (nSPS) is 16.2. The van der Waals surface area contributed by atoms with Gasteiger partial charge in [0.25, 0.3) is 0 Å². The molecule has 4 nitrogen and oxygen atoms in total. The van der Waals surface area contributed by atoms with Crippen LogP contribution in [0, 0.1) is 24.7 Å². The van der Waals surface area contributed by atoms with E-state index in [-0.39, 0.29) is 0 Å². The van der Waals surface area contributed by atoms with Gasteiger partial charge in [0.15, 0.2) is 5.82 Å². The fraction of sp³-hybridized carbons (Fsp3) is 0.391. The van der Waals surface area contributed by atoms with Gasteiger partial charge in [-0.25, -0.2) is 0 Å². The summed E-state index contributed by atoms with van der Waals surface area (Å²) >= 11 is 1.77. The number of aromatic nitrogens is 3. The fourth-order valence-corrected chi connectivity index (χ4v) is 5.41. The van der Waals surface area contributed by atoms with Gasteiger partial charge in [0, 0.05) is 11.5 Å². The first-order valence-corrected chi connectivity index (χ1v) is 10.8. The molecular weight excluding hydrogens is 366 g/mol. The highest BCUT2D eigenvalue weighted by molar-refractivity contribution is 7.15. The standard InChI is InChI=1S/C23H23N3OS/c1-16-24-25-22-15-27-14-20-19(13-18-9-3-2-4-10-18)21(28-23(20)26(16)22)12-11-17-7-5-6-8-17/h2-4,9-10,17H,5-8,13-15H2,1H3. The van der Waals surface area contributed by atoms with Crippen LogP contribution in [-0.4, -0.2) is 14.8 Å². The lowest BCUT2D eigenvalue weighted by molar-refractivity contribution is 0.104. The summed E-state index contributed by atoms with van der Waals surface area (Å²) in [5.74, 6) is 9.45. The van der Waals surface area contributed by atoms with Crippen molar-refractivity contribution in [3.63, 3.8) is 0 Å². The zero-order valence-corrected chi connectivity index (χ0v) is 16.9. The maximum atomic E-state index is 5.97. The summed E-state index contributed by atoms with van der Waals surface area (Å²) in [5, 5.41) is 9.76. The number of hydrogen-bond donors (Lipinski definition) is 0. The molecule has 0 N–H and O–H groups in total. The zero-order valence-electron chi connectivity index (χ0n) is 16.1. The van der Waals surface area contributed by atoms with E-state index in [1.54, 1.807) is 11.3 Å². The summed E-state index contributed by atoms with van der Waals surface area (Å²) < 4.78 is 8.12. The summed E-state index contributed by atoms with van der Waals surface area (Å²) in [6.07, 6.45) is 5.98. The van der Waals surface area contributed by atoms with Crippen molar-refractivity contribution >= 4 is 11.3 Å². The molecule has 0 saturated heterocycles. The number of aryl methyl sites for hydroxylation is 1. The molecule has 2 aromatic heterocycles. The van der Waals surface area contributed by atoms with Gasteiger partial charge in [0.1, 0.15) is 17.4 Å². The molecule has 0 amide bonds. The number of nitrogens with zero attached hydrogens (tertiary/aromatic N) is 3. The van der Waals surface area contributed by atoms with Crippen LogP contribution >= 0.6 is 11.3 Å². The third-order valence-corrected chi connectivity index (χ3v) is 6.81. The van der Waals surface area contributed by atoms with E-state index < -0.39 is 0 Å². The van der Waals surface area contributed by atoms with Crippen LogP contribution in [0.25, 0.3) is 5.00 Å². The highest BCUT2D eigenvalue weighted by Gasteiger charge is 2.25. The van der Waals surface area contributed by atoms with Crippen LogP contribution < -0.4 is 0 Å². The van der Waals surface area contributed by atoms with E-state index in [1.807, 2.05) is 6.92 Å². The van der Waals surface area contributed by atoms with Crippen LogP contribution in [0.4, 0.5) is 0 Å². The van der Waals surface area contributed by atoms with Crippen molar-refractivity contribution < 1.29 is 4.74 Å². The van der Waals surface area contributed by atoms with E-state index in [0.717, 1.165) is 18.1 Å². The van der Waals surface area contributed by atoms with E-state index in [1.165, 1.54) is 52.3 Å². The van der Waals surface area contributed by atoms with Crippen molar-refractivity contribution in [3.05, 3.63) is 63.5 Å². The van der Waals surface area contributed by atoms with Gasteiger partial charge in [0.05, 0.1) is 11.5 Å². The molecule has 3 aromatic rings. The lowest BCUT2D eigenvalue weighted by Crippen LogP contribution is -2.00. The van der Waals surface area contributed by atoms with Crippen LogP contribution in [0.5, 0.6) is 0 Å². The number of ether oxygens (including phenoxy) is 1. The minimum absolute atomic E-state index is 0.496. The molecule has 1 fully saturated rings. The SMILES string of the molecule is Cc1nnc2n1-c1sc(C#CC3CCCC3)c(Cc3ccccc3)c1COC2. The van der Waals surface area contributed by atoms with Gasteiger partial charge in [-0.2, -0.15) is 0 Å². The first kappa shape index (κ1) is 17.7. The molecule has 1 saturated carbocycles. The topological polar surface area (TPSA) is 39.9 Å². The van der Waals surface area contributed by atoms with Crippen molar-refractivity contribution in [3.8, 4) is 16.8 Å². The lowest BCUT2D eigenvalue weighted by atomic mass is 10.0. The van der Waals surface area contributed by atoms with Crippen LogP contribution in [0.3, 0.4) is 0 Å². The molecule has 1 aliphatic carbocycles. The van der Waals surface area contributed by atoms with Gasteiger partial charge in [0.2, 0.25) is 0 Å². The van der Waals surface area contributed by atoms with Crippen molar-refractivity contribution in [2.24, 2.45) is 5.92 Å². The molecule has 0 spiro atoms. The predicted octanol–water partition coefficient (Wildman–Crippen LogP) is 4.80. The second-order valence-electron chi connectivity index (χ2n) is 7.60. The summed E-state index contributed by atoms with van der Waals surface area (Å²) in [6, 6.07) is 10.6. The number of rotatable bonds is 2. The number of thiophene rings is 1. The van der Waals surface area contributed by atoms with Crippen molar-refractivity contribution in [2.45, 2.75) is 52.2 Å². The Kier molecular flexibility index (Phi) is 4.76. The number of fused-ring (bicyclic) bond motifs is 3. The summed E-state index contributed by atoms with van der Waals surface area (Å²) in [5.41, 5.74) is 3.85. The Morgan fingerprint density at radius 1 is 1.14 bits per heavy atom. The molecule has 142 valence electrons. The van der Waals surface area contributed by atoms with Crippen LogP contribution in [0.1, 0.15) is 58.9 Å². The van der Waals surface area contributed by atoms with Gasteiger partial charge < -0.3 is 4.74 Å². The quantitative estimate of drug-likeness (QED) is 0.591. The molecule has 5 rings (SSSR count). The Hall–Kier alpha value is -2.42. The molecule has 2 aliphatic rings. The molecule has 0 radical (unpaired) electrons. The molecular formula is C23H23N3OS. The minimum atomic E-state index is 0.496. The van der Waals surface area contributed by atoms with E-state index in [9.17, 15) is 0 Å². The van der Waals surface area contributed by atoms with Gasteiger partial charge >= 0.3 is 0 Å². The molecule has 28 heavy (non-hydrogen) atoms. The lowest BCUT2D eigenvalue weighted by Gasteiger charge is -2.07. The smallest absolute Gasteiger partial charge is 0.164 e. The van der Waals surface area contributed by atoms with Crippen molar-refractivity contribution in [1.29, 1.82) is 0 Å². The Bertz CT molecular complexity index is 1050. The minimum Gasteiger partial charge on any atom is -0.369 e. The summed E-state index contributed by atoms with van der Waals surface area (Å²) in [7, 11) is 0. The second kappa shape index (κ2) is 7.54. The van der Waals surface area contributed by atoms with Crippen molar-refractivity contribution in [1.82, 2.24) is 14.8 Å². The zero-order chi connectivity index (χ0) is 18.9. The third-order valence-electron chi connectivity index (χ3n) is 5.64. The van der Waals surface area contributed by atoms with Gasteiger partial charge in [-0.15, -0.1) is 21.5 Å². The Labute approximate surface area is 169 Å². The maximum Gasteiger partial charge on any atom is 0.164 e. The molecule has 1 aromatic carbocycles. The molecule has 0 bridgehead atoms. The highest BCUT2D eigenvalue weighted by atomic mass is 32.1. The average molecular weight is 390 g/mol. The molecule has 1 aliphatic heterocycles. The largest absolute Gasteiger partial charge is 0.369 e. The van der Waals surface area contributed by atoms with Gasteiger partial charge in [-0.05, 0) is 37.3 Å². The molecule has 0 atom stereocenters. The monoisotopic (exact) mass is 389 g/mol. The second-order valence-corrected chi connectivity index (χ2v) is 8.60. The summed E-state index contributed by atoms with van der Waals surface area (Å²) in [4.78, 5) is 1.17. The molecule has 0 unspecified atom stereocenters. The first-order valence-electron chi connectivity index (χ1n) is 9.98. The van der Waals surface area contributed by atoms with E-state index >= 15 is 0 Å². The predicted molar refractivity (Wildman–Crippen MR) is 111 cm³/mol. The number of benzene rings is 1. The number of hydrogen-bond acceptors (Lipinski definition) is 4. The van der Waals surface area contributed by atoms with Crippen LogP contribution in [-0.2, 0) is 24.4 Å². The first-order chi connectivity index (χ1) is 13.8. The average Bonchev–Trinajstić information content (AvgIpc) is 3.40. The molecule has 5 heteroatoms.